The van der Waals surface area contributed by atoms with Crippen molar-refractivity contribution in [3.8, 4) is 11.8 Å². The van der Waals surface area contributed by atoms with Crippen LogP contribution in [0, 0.1) is 23.0 Å². The minimum absolute atomic E-state index is 0.0564. The van der Waals surface area contributed by atoms with Crippen molar-refractivity contribution in [2.45, 2.75) is 33.7 Å². The summed E-state index contributed by atoms with van der Waals surface area (Å²) in [4.78, 5) is 4.64. The molecule has 0 unspecified atom stereocenters. The second-order valence-corrected chi connectivity index (χ2v) is 6.09. The molecule has 2 aromatic heterocycles. The van der Waals surface area contributed by atoms with E-state index in [-0.39, 0.29) is 5.69 Å². The molecule has 0 aliphatic heterocycles. The van der Waals surface area contributed by atoms with E-state index in [1.165, 1.54) is 4.68 Å². The first-order valence-electron chi connectivity index (χ1n) is 9.48. The Labute approximate surface area is 167 Å². The fourth-order valence-corrected chi connectivity index (χ4v) is 3.23. The SMILES string of the molecule is CC.CCn1c(Cc2ccnn2-c2cc(F)ccc2F)nc2cc(C#N)ccc21. The van der Waals surface area contributed by atoms with Crippen molar-refractivity contribution in [1.29, 1.82) is 5.26 Å². The lowest BCUT2D eigenvalue weighted by atomic mass is 10.2. The van der Waals surface area contributed by atoms with Crippen molar-refractivity contribution < 1.29 is 8.78 Å². The van der Waals surface area contributed by atoms with Crippen LogP contribution in [-0.4, -0.2) is 19.3 Å². The third-order valence-corrected chi connectivity index (χ3v) is 4.47. The number of fused-ring (bicyclic) bond motifs is 1. The lowest BCUT2D eigenvalue weighted by molar-refractivity contribution is 0.583. The molecule has 4 rings (SSSR count). The maximum absolute atomic E-state index is 14.2. The molecule has 4 aromatic rings. The van der Waals surface area contributed by atoms with E-state index in [2.05, 4.69) is 16.2 Å². The minimum atomic E-state index is -0.552. The Morgan fingerprint density at radius 1 is 1.07 bits per heavy atom. The molecule has 7 heteroatoms. The molecule has 0 fully saturated rings. The molecule has 0 radical (unpaired) electrons. The van der Waals surface area contributed by atoms with E-state index >= 15 is 0 Å². The van der Waals surface area contributed by atoms with Crippen molar-refractivity contribution in [3.05, 3.63) is 77.4 Å². The van der Waals surface area contributed by atoms with Gasteiger partial charge in [0.2, 0.25) is 0 Å². The van der Waals surface area contributed by atoms with Gasteiger partial charge >= 0.3 is 0 Å². The zero-order valence-electron chi connectivity index (χ0n) is 16.5. The quantitative estimate of drug-likeness (QED) is 0.490. The number of nitrogens with zero attached hydrogens (tertiary/aromatic N) is 5. The molecule has 0 N–H and O–H groups in total. The number of aromatic nitrogens is 4. The Bertz CT molecular complexity index is 1180. The Morgan fingerprint density at radius 2 is 1.86 bits per heavy atom. The molecule has 0 bridgehead atoms. The molecule has 2 aromatic carbocycles. The normalized spacial score (nSPS) is 10.5. The number of imidazole rings is 1. The first kappa shape index (κ1) is 20.2. The van der Waals surface area contributed by atoms with E-state index in [4.69, 9.17) is 5.26 Å². The average molecular weight is 393 g/mol. The van der Waals surface area contributed by atoms with Gasteiger partial charge in [0.05, 0.1) is 28.4 Å². The van der Waals surface area contributed by atoms with E-state index < -0.39 is 11.6 Å². The maximum atomic E-state index is 14.2. The van der Waals surface area contributed by atoms with Crippen LogP contribution in [0.25, 0.3) is 16.7 Å². The summed E-state index contributed by atoms with van der Waals surface area (Å²) in [6.07, 6.45) is 1.94. The van der Waals surface area contributed by atoms with Crippen LogP contribution < -0.4 is 0 Å². The standard InChI is InChI=1S/C20H15F2N5.C2H6/c1-2-26-18-6-3-13(12-23)9-17(18)25-20(26)11-15-7-8-24-27(15)19-10-14(21)4-5-16(19)22;1-2/h3-10H,2,11H2,1H3;1-2H3. The van der Waals surface area contributed by atoms with Crippen LogP contribution in [0.1, 0.15) is 37.9 Å². The van der Waals surface area contributed by atoms with Crippen molar-refractivity contribution in [2.75, 3.05) is 0 Å². The first-order chi connectivity index (χ1) is 14.1. The summed E-state index contributed by atoms with van der Waals surface area (Å²) in [5, 5.41) is 13.2. The third-order valence-electron chi connectivity index (χ3n) is 4.47. The minimum Gasteiger partial charge on any atom is -0.328 e. The predicted molar refractivity (Wildman–Crippen MR) is 108 cm³/mol. The summed E-state index contributed by atoms with van der Waals surface area (Å²) in [5.41, 5.74) is 2.94. The van der Waals surface area contributed by atoms with Gasteiger partial charge in [0.25, 0.3) is 0 Å². The van der Waals surface area contributed by atoms with Gasteiger partial charge in [-0.2, -0.15) is 10.4 Å². The molecule has 0 saturated carbocycles. The number of nitriles is 1. The number of hydrogen-bond acceptors (Lipinski definition) is 3. The van der Waals surface area contributed by atoms with Crippen LogP contribution in [0.5, 0.6) is 0 Å². The summed E-state index contributed by atoms with van der Waals surface area (Å²) in [5.74, 6) is -0.317. The molecular formula is C22H21F2N5. The second kappa shape index (κ2) is 8.65. The highest BCUT2D eigenvalue weighted by atomic mass is 19.1. The van der Waals surface area contributed by atoms with E-state index in [1.54, 1.807) is 24.4 Å². The summed E-state index contributed by atoms with van der Waals surface area (Å²) < 4.78 is 31.2. The van der Waals surface area contributed by atoms with Crippen molar-refractivity contribution in [1.82, 2.24) is 19.3 Å². The zero-order chi connectivity index (χ0) is 21.0. The summed E-state index contributed by atoms with van der Waals surface area (Å²) in [6, 6.07) is 12.5. The van der Waals surface area contributed by atoms with Crippen LogP contribution >= 0.6 is 0 Å². The molecule has 5 nitrogen and oxygen atoms in total. The van der Waals surface area contributed by atoms with E-state index in [9.17, 15) is 8.78 Å². The third kappa shape index (κ3) is 3.87. The van der Waals surface area contributed by atoms with E-state index in [0.717, 1.165) is 35.1 Å². The largest absolute Gasteiger partial charge is 0.328 e. The van der Waals surface area contributed by atoms with Crippen LogP contribution in [0.2, 0.25) is 0 Å². The lowest BCUT2D eigenvalue weighted by Crippen LogP contribution is -2.09. The summed E-state index contributed by atoms with van der Waals surface area (Å²) >= 11 is 0. The van der Waals surface area contributed by atoms with Crippen LogP contribution in [0.3, 0.4) is 0 Å². The number of aryl methyl sites for hydroxylation is 1. The van der Waals surface area contributed by atoms with Crippen LogP contribution in [0.15, 0.2) is 48.7 Å². The van der Waals surface area contributed by atoms with Gasteiger partial charge in [0.15, 0.2) is 0 Å². The fourth-order valence-electron chi connectivity index (χ4n) is 3.23. The van der Waals surface area contributed by atoms with E-state index in [1.807, 2.05) is 31.4 Å². The lowest BCUT2D eigenvalue weighted by Gasteiger charge is -2.10. The van der Waals surface area contributed by atoms with Crippen LogP contribution in [-0.2, 0) is 13.0 Å². The first-order valence-corrected chi connectivity index (χ1v) is 9.48. The monoisotopic (exact) mass is 393 g/mol. The maximum Gasteiger partial charge on any atom is 0.149 e. The molecule has 0 spiro atoms. The van der Waals surface area contributed by atoms with Gasteiger partial charge in [-0.1, -0.05) is 13.8 Å². The highest BCUT2D eigenvalue weighted by Gasteiger charge is 2.16. The predicted octanol–water partition coefficient (Wildman–Crippen LogP) is 5.01. The molecule has 2 heterocycles. The number of benzene rings is 2. The number of hydrogen-bond donors (Lipinski definition) is 0. The Morgan fingerprint density at radius 3 is 2.59 bits per heavy atom. The molecule has 148 valence electrons. The zero-order valence-corrected chi connectivity index (χ0v) is 16.5. The van der Waals surface area contributed by atoms with Gasteiger partial charge < -0.3 is 4.57 Å². The Hall–Kier alpha value is -3.53. The van der Waals surface area contributed by atoms with Gasteiger partial charge in [0, 0.05) is 25.2 Å². The van der Waals surface area contributed by atoms with Gasteiger partial charge in [-0.25, -0.2) is 18.4 Å². The summed E-state index contributed by atoms with van der Waals surface area (Å²) in [7, 11) is 0. The Balaban J connectivity index is 0.00000117. The highest BCUT2D eigenvalue weighted by Crippen LogP contribution is 2.22. The molecular weight excluding hydrogens is 372 g/mol. The molecule has 0 amide bonds. The van der Waals surface area contributed by atoms with Crippen molar-refractivity contribution in [2.24, 2.45) is 0 Å². The molecule has 29 heavy (non-hydrogen) atoms. The van der Waals surface area contributed by atoms with Gasteiger partial charge in [-0.05, 0) is 43.3 Å². The van der Waals surface area contributed by atoms with Crippen LogP contribution in [0.4, 0.5) is 8.78 Å². The number of halogens is 2. The van der Waals surface area contributed by atoms with Gasteiger partial charge in [-0.3, -0.25) is 0 Å². The fraction of sp³-hybridized carbons (Fsp3) is 0.227. The smallest absolute Gasteiger partial charge is 0.149 e. The highest BCUT2D eigenvalue weighted by molar-refractivity contribution is 5.77. The van der Waals surface area contributed by atoms with Crippen molar-refractivity contribution >= 4 is 11.0 Å². The average Bonchev–Trinajstić information content (AvgIpc) is 3.34. The summed E-state index contributed by atoms with van der Waals surface area (Å²) in [6.45, 7) is 6.70. The Kier molecular flexibility index (Phi) is 6.03. The second-order valence-electron chi connectivity index (χ2n) is 6.09. The van der Waals surface area contributed by atoms with Gasteiger partial charge in [0.1, 0.15) is 23.1 Å². The molecule has 0 atom stereocenters. The number of rotatable bonds is 4. The molecule has 0 aliphatic carbocycles. The van der Waals surface area contributed by atoms with Gasteiger partial charge in [-0.15, -0.1) is 0 Å². The molecule has 0 saturated heterocycles. The van der Waals surface area contributed by atoms with Crippen molar-refractivity contribution in [3.63, 3.8) is 0 Å². The molecule has 0 aliphatic rings. The topological polar surface area (TPSA) is 59.4 Å². The van der Waals surface area contributed by atoms with E-state index in [0.29, 0.717) is 24.2 Å².